The van der Waals surface area contributed by atoms with Crippen LogP contribution >= 0.6 is 0 Å². The van der Waals surface area contributed by atoms with Crippen molar-refractivity contribution in [1.29, 1.82) is 0 Å². The van der Waals surface area contributed by atoms with E-state index in [-0.39, 0.29) is 62.1 Å². The number of nitrogens with one attached hydrogen (secondary N) is 2. The lowest BCUT2D eigenvalue weighted by atomic mass is 9.85. The van der Waals surface area contributed by atoms with Crippen molar-refractivity contribution >= 4 is 17.4 Å². The molecule has 0 unspecified atom stereocenters. The van der Waals surface area contributed by atoms with E-state index in [1.165, 1.54) is 6.07 Å². The average molecular weight is 390 g/mol. The highest BCUT2D eigenvalue weighted by molar-refractivity contribution is 5.98. The van der Waals surface area contributed by atoms with Crippen LogP contribution in [0, 0.1) is 5.92 Å². The van der Waals surface area contributed by atoms with Crippen LogP contribution in [0.15, 0.2) is 6.07 Å². The van der Waals surface area contributed by atoms with Crippen molar-refractivity contribution in [1.82, 2.24) is 10.3 Å². The van der Waals surface area contributed by atoms with Gasteiger partial charge in [0.2, 0.25) is 5.88 Å². The van der Waals surface area contributed by atoms with E-state index in [1.807, 2.05) is 0 Å². The van der Waals surface area contributed by atoms with Crippen LogP contribution in [-0.4, -0.2) is 48.5 Å². The number of hydrogen-bond acceptors (Lipinski definition) is 6. The number of aromatic nitrogens is 1. The lowest BCUT2D eigenvalue weighted by molar-refractivity contribution is -0.182. The van der Waals surface area contributed by atoms with Gasteiger partial charge in [0.05, 0.1) is 18.2 Å². The van der Waals surface area contributed by atoms with Gasteiger partial charge in [-0.25, -0.2) is 0 Å². The van der Waals surface area contributed by atoms with Gasteiger partial charge < -0.3 is 26.2 Å². The van der Waals surface area contributed by atoms with Crippen molar-refractivity contribution in [2.45, 2.75) is 44.3 Å². The molecule has 5 N–H and O–H groups in total. The van der Waals surface area contributed by atoms with Crippen molar-refractivity contribution in [3.8, 4) is 5.88 Å². The van der Waals surface area contributed by atoms with E-state index in [0.717, 1.165) is 0 Å². The van der Waals surface area contributed by atoms with Gasteiger partial charge in [0.1, 0.15) is 5.56 Å². The second-order valence-electron chi connectivity index (χ2n) is 6.52. The van der Waals surface area contributed by atoms with Crippen LogP contribution < -0.4 is 21.1 Å². The summed E-state index contributed by atoms with van der Waals surface area (Å²) in [7, 11) is 1.62. The van der Waals surface area contributed by atoms with E-state index < -0.39 is 18.0 Å². The standard InChI is InChI=1S/C17H25F3N4O3/c1-22-14-13(21)9-12(16(24-14)27-8-2-7-25)15(26)23-11-5-3-10(4-6-11)17(18,19)20/h9-11,25H,2-8,21H2,1H3,(H,22,24)(H,23,26)/t10-,11-. The summed E-state index contributed by atoms with van der Waals surface area (Å²) in [6.07, 6.45) is -3.32. The number of aliphatic hydroxyl groups excluding tert-OH is 1. The first kappa shape index (κ1) is 21.1. The third-order valence-corrected chi connectivity index (χ3v) is 4.57. The molecule has 0 atom stereocenters. The molecule has 1 saturated carbocycles. The molecular weight excluding hydrogens is 365 g/mol. The zero-order valence-corrected chi connectivity index (χ0v) is 15.1. The van der Waals surface area contributed by atoms with Crippen molar-refractivity contribution in [3.63, 3.8) is 0 Å². The lowest BCUT2D eigenvalue weighted by Gasteiger charge is -2.30. The van der Waals surface area contributed by atoms with Gasteiger partial charge in [-0.3, -0.25) is 4.79 Å². The maximum Gasteiger partial charge on any atom is 0.391 e. The zero-order chi connectivity index (χ0) is 20.0. The minimum absolute atomic E-state index is 0.00656. The molecule has 1 aliphatic rings. The Hall–Kier alpha value is -2.23. The number of halogens is 3. The summed E-state index contributed by atoms with van der Waals surface area (Å²) >= 11 is 0. The molecule has 1 amide bonds. The number of nitrogens with two attached hydrogens (primary N) is 1. The van der Waals surface area contributed by atoms with Gasteiger partial charge in [0.25, 0.3) is 5.91 Å². The van der Waals surface area contributed by atoms with Gasteiger partial charge in [0, 0.05) is 26.1 Å². The molecule has 152 valence electrons. The first-order valence-electron chi connectivity index (χ1n) is 8.85. The molecule has 27 heavy (non-hydrogen) atoms. The number of carbonyl (C=O) groups excluding carboxylic acids is 1. The van der Waals surface area contributed by atoms with Gasteiger partial charge in [0.15, 0.2) is 5.82 Å². The second kappa shape index (κ2) is 9.12. The Labute approximate surface area is 155 Å². The molecule has 1 heterocycles. The van der Waals surface area contributed by atoms with Gasteiger partial charge >= 0.3 is 6.18 Å². The zero-order valence-electron chi connectivity index (χ0n) is 15.1. The topological polar surface area (TPSA) is 110 Å². The summed E-state index contributed by atoms with van der Waals surface area (Å²) in [5.41, 5.74) is 6.23. The van der Waals surface area contributed by atoms with E-state index in [4.69, 9.17) is 15.6 Å². The van der Waals surface area contributed by atoms with E-state index >= 15 is 0 Å². The minimum atomic E-state index is -4.19. The number of anilines is 2. The predicted octanol–water partition coefficient (Wildman–Crippen LogP) is 2.32. The van der Waals surface area contributed by atoms with Gasteiger partial charge in [-0.05, 0) is 31.7 Å². The summed E-state index contributed by atoms with van der Waals surface area (Å²) in [4.78, 5) is 16.8. The molecule has 0 saturated heterocycles. The maximum absolute atomic E-state index is 12.8. The first-order valence-corrected chi connectivity index (χ1v) is 8.85. The van der Waals surface area contributed by atoms with Gasteiger partial charge in [-0.1, -0.05) is 0 Å². The fraction of sp³-hybridized carbons (Fsp3) is 0.647. The molecule has 10 heteroatoms. The molecule has 0 bridgehead atoms. The third-order valence-electron chi connectivity index (χ3n) is 4.57. The molecule has 0 aliphatic heterocycles. The molecule has 1 aliphatic carbocycles. The fourth-order valence-corrected chi connectivity index (χ4v) is 3.05. The molecule has 1 aromatic rings. The van der Waals surface area contributed by atoms with E-state index in [1.54, 1.807) is 7.05 Å². The van der Waals surface area contributed by atoms with Crippen LogP contribution in [0.2, 0.25) is 0 Å². The Morgan fingerprint density at radius 3 is 2.59 bits per heavy atom. The molecule has 1 aromatic heterocycles. The summed E-state index contributed by atoms with van der Waals surface area (Å²) in [5.74, 6) is -1.40. The Kier molecular flexibility index (Phi) is 7.11. The number of aliphatic hydroxyl groups is 1. The Morgan fingerprint density at radius 1 is 1.37 bits per heavy atom. The number of nitrogens with zero attached hydrogens (tertiary/aromatic N) is 1. The number of hydrogen-bond donors (Lipinski definition) is 4. The predicted molar refractivity (Wildman–Crippen MR) is 94.7 cm³/mol. The van der Waals surface area contributed by atoms with Crippen molar-refractivity contribution in [2.24, 2.45) is 5.92 Å². The number of pyridine rings is 1. The lowest BCUT2D eigenvalue weighted by Crippen LogP contribution is -2.40. The fourth-order valence-electron chi connectivity index (χ4n) is 3.05. The summed E-state index contributed by atoms with van der Waals surface area (Å²) in [6.45, 7) is 0.0887. The third kappa shape index (κ3) is 5.62. The van der Waals surface area contributed by atoms with Gasteiger partial charge in [-0.2, -0.15) is 18.2 Å². The highest BCUT2D eigenvalue weighted by Gasteiger charge is 2.41. The molecular formula is C17H25F3N4O3. The highest BCUT2D eigenvalue weighted by Crippen LogP contribution is 2.37. The largest absolute Gasteiger partial charge is 0.477 e. The van der Waals surface area contributed by atoms with Crippen LogP contribution in [0.25, 0.3) is 0 Å². The minimum Gasteiger partial charge on any atom is -0.477 e. The van der Waals surface area contributed by atoms with Crippen molar-refractivity contribution in [3.05, 3.63) is 11.6 Å². The van der Waals surface area contributed by atoms with Crippen LogP contribution in [0.1, 0.15) is 42.5 Å². The molecule has 0 radical (unpaired) electrons. The van der Waals surface area contributed by atoms with Gasteiger partial charge in [-0.15, -0.1) is 0 Å². The second-order valence-corrected chi connectivity index (χ2v) is 6.52. The molecule has 0 aromatic carbocycles. The molecule has 7 nitrogen and oxygen atoms in total. The van der Waals surface area contributed by atoms with Crippen molar-refractivity contribution in [2.75, 3.05) is 31.3 Å². The van der Waals surface area contributed by atoms with Crippen LogP contribution in [0.3, 0.4) is 0 Å². The smallest absolute Gasteiger partial charge is 0.391 e. The number of nitrogen functional groups attached to an aromatic ring is 1. The summed E-state index contributed by atoms with van der Waals surface area (Å²) in [5, 5.41) is 14.4. The average Bonchev–Trinajstić information content (AvgIpc) is 2.62. The van der Waals surface area contributed by atoms with E-state index in [9.17, 15) is 18.0 Å². The number of amides is 1. The first-order chi connectivity index (χ1) is 12.8. The number of ether oxygens (including phenoxy) is 1. The van der Waals surface area contributed by atoms with E-state index in [2.05, 4.69) is 15.6 Å². The molecule has 2 rings (SSSR count). The van der Waals surface area contributed by atoms with Crippen LogP contribution in [0.5, 0.6) is 5.88 Å². The van der Waals surface area contributed by atoms with Crippen molar-refractivity contribution < 1.29 is 27.8 Å². The maximum atomic E-state index is 12.8. The van der Waals surface area contributed by atoms with Crippen LogP contribution in [-0.2, 0) is 0 Å². The number of carbonyl (C=O) groups is 1. The Morgan fingerprint density at radius 2 is 2.04 bits per heavy atom. The normalized spacial score (nSPS) is 20.2. The van der Waals surface area contributed by atoms with E-state index in [0.29, 0.717) is 12.2 Å². The summed E-state index contributed by atoms with van der Waals surface area (Å²) in [6, 6.07) is 1.08. The van der Waals surface area contributed by atoms with Crippen LogP contribution in [0.4, 0.5) is 24.7 Å². The molecule has 0 spiro atoms. The Bertz CT molecular complexity index is 647. The quantitative estimate of drug-likeness (QED) is 0.532. The highest BCUT2D eigenvalue weighted by atomic mass is 19.4. The molecule has 1 fully saturated rings. The SMILES string of the molecule is CNc1nc(OCCCO)c(C(=O)N[C@H]2CC[C@H](C(F)(F)F)CC2)cc1N. The Balaban J connectivity index is 2.07. The summed E-state index contributed by atoms with van der Waals surface area (Å²) < 4.78 is 43.8. The number of rotatable bonds is 7. The number of alkyl halides is 3. The monoisotopic (exact) mass is 390 g/mol.